The second kappa shape index (κ2) is 7.50. The molecule has 0 N–H and O–H groups in total. The molecule has 0 spiro atoms. The molecule has 0 heteroatoms. The van der Waals surface area contributed by atoms with Gasteiger partial charge in [0.25, 0.3) is 0 Å². The first-order valence-electron chi connectivity index (χ1n) is 6.37. The van der Waals surface area contributed by atoms with Gasteiger partial charge in [-0.15, -0.1) is 0 Å². The summed E-state index contributed by atoms with van der Waals surface area (Å²) in [5, 5.41) is 0. The van der Waals surface area contributed by atoms with Crippen LogP contribution in [0.1, 0.15) is 57.1 Å². The van der Waals surface area contributed by atoms with E-state index in [0.29, 0.717) is 0 Å². The number of aryl methyl sites for hydroxylation is 2. The molecule has 0 aromatic heterocycles. The van der Waals surface area contributed by atoms with Crippen LogP contribution >= 0.6 is 0 Å². The fourth-order valence-electron chi connectivity index (χ4n) is 1.98. The Hall–Kier alpha value is -0.780. The monoisotopic (exact) mass is 203 g/mol. The van der Waals surface area contributed by atoms with E-state index in [1.54, 1.807) is 0 Å². The third kappa shape index (κ3) is 4.51. The average molecular weight is 203 g/mol. The Bertz CT molecular complexity index is 262. The second-order valence-corrected chi connectivity index (χ2v) is 4.19. The highest BCUT2D eigenvalue weighted by molar-refractivity contribution is 5.25. The number of benzene rings is 1. The molecule has 0 amide bonds. The maximum atomic E-state index is 3.38. The molecule has 1 radical (unpaired) electrons. The third-order valence-electron chi connectivity index (χ3n) is 2.95. The van der Waals surface area contributed by atoms with Crippen molar-refractivity contribution in [1.82, 2.24) is 0 Å². The Balaban J connectivity index is 2.30. The van der Waals surface area contributed by atoms with Crippen LogP contribution in [0.5, 0.6) is 0 Å². The maximum absolute atomic E-state index is 3.38. The summed E-state index contributed by atoms with van der Waals surface area (Å²) in [5.74, 6) is 0. The SMILES string of the molecule is CCCCCCCc1[c]cccc1CC. The summed E-state index contributed by atoms with van der Waals surface area (Å²) in [4.78, 5) is 0. The van der Waals surface area contributed by atoms with Crippen molar-refractivity contribution in [1.29, 1.82) is 0 Å². The first-order valence-corrected chi connectivity index (χ1v) is 6.37. The predicted octanol–water partition coefficient (Wildman–Crippen LogP) is 4.56. The molecule has 0 aliphatic carbocycles. The minimum atomic E-state index is 1.14. The van der Waals surface area contributed by atoms with Gasteiger partial charge in [-0.25, -0.2) is 0 Å². The highest BCUT2D eigenvalue weighted by atomic mass is 14.0. The van der Waals surface area contributed by atoms with E-state index in [0.717, 1.165) is 6.42 Å². The molecule has 0 fully saturated rings. The topological polar surface area (TPSA) is 0 Å². The fourth-order valence-corrected chi connectivity index (χ4v) is 1.98. The molecule has 1 aromatic rings. The zero-order valence-electron chi connectivity index (χ0n) is 10.2. The van der Waals surface area contributed by atoms with Gasteiger partial charge in [0.05, 0.1) is 0 Å². The van der Waals surface area contributed by atoms with Crippen molar-refractivity contribution in [2.24, 2.45) is 0 Å². The lowest BCUT2D eigenvalue weighted by Crippen LogP contribution is -1.93. The van der Waals surface area contributed by atoms with Crippen LogP contribution in [0.15, 0.2) is 18.2 Å². The van der Waals surface area contributed by atoms with Crippen LogP contribution in [0.25, 0.3) is 0 Å². The molecular formula is C15H23. The first-order chi connectivity index (χ1) is 7.38. The maximum Gasteiger partial charge on any atom is -0.0146 e. The van der Waals surface area contributed by atoms with E-state index in [2.05, 4.69) is 32.0 Å². The lowest BCUT2D eigenvalue weighted by molar-refractivity contribution is 0.630. The Kier molecular flexibility index (Phi) is 6.15. The molecule has 0 aliphatic rings. The van der Waals surface area contributed by atoms with E-state index in [1.807, 2.05) is 6.07 Å². The molecule has 0 saturated heterocycles. The van der Waals surface area contributed by atoms with Crippen LogP contribution in [-0.4, -0.2) is 0 Å². The number of hydrogen-bond acceptors (Lipinski definition) is 0. The second-order valence-electron chi connectivity index (χ2n) is 4.19. The minimum Gasteiger partial charge on any atom is -0.0654 e. The molecular weight excluding hydrogens is 180 g/mol. The predicted molar refractivity (Wildman–Crippen MR) is 67.1 cm³/mol. The van der Waals surface area contributed by atoms with Crippen molar-refractivity contribution in [2.45, 2.75) is 58.8 Å². The lowest BCUT2D eigenvalue weighted by atomic mass is 9.99. The fraction of sp³-hybridized carbons (Fsp3) is 0.600. The average Bonchev–Trinajstić information content (AvgIpc) is 2.29. The van der Waals surface area contributed by atoms with Crippen molar-refractivity contribution >= 4 is 0 Å². The lowest BCUT2D eigenvalue weighted by Gasteiger charge is -2.06. The van der Waals surface area contributed by atoms with E-state index in [9.17, 15) is 0 Å². The highest BCUT2D eigenvalue weighted by Crippen LogP contribution is 2.13. The van der Waals surface area contributed by atoms with Gasteiger partial charge in [-0.1, -0.05) is 57.7 Å². The van der Waals surface area contributed by atoms with Gasteiger partial charge < -0.3 is 0 Å². The van der Waals surface area contributed by atoms with Crippen LogP contribution in [0.4, 0.5) is 0 Å². The third-order valence-corrected chi connectivity index (χ3v) is 2.95. The van der Waals surface area contributed by atoms with Gasteiger partial charge in [0.1, 0.15) is 0 Å². The summed E-state index contributed by atoms with van der Waals surface area (Å²) >= 11 is 0. The van der Waals surface area contributed by atoms with Crippen LogP contribution < -0.4 is 0 Å². The molecule has 0 unspecified atom stereocenters. The quantitative estimate of drug-likeness (QED) is 0.570. The Labute approximate surface area is 94.7 Å². The van der Waals surface area contributed by atoms with Crippen LogP contribution in [-0.2, 0) is 12.8 Å². The van der Waals surface area contributed by atoms with E-state index in [4.69, 9.17) is 0 Å². The molecule has 1 aromatic carbocycles. The normalized spacial score (nSPS) is 10.5. The summed E-state index contributed by atoms with van der Waals surface area (Å²) in [6, 6.07) is 9.75. The molecule has 0 aliphatic heterocycles. The molecule has 15 heavy (non-hydrogen) atoms. The van der Waals surface area contributed by atoms with Crippen LogP contribution in [0, 0.1) is 6.07 Å². The van der Waals surface area contributed by atoms with Gasteiger partial charge in [0.15, 0.2) is 0 Å². The van der Waals surface area contributed by atoms with Gasteiger partial charge >= 0.3 is 0 Å². The van der Waals surface area contributed by atoms with Crippen molar-refractivity contribution in [2.75, 3.05) is 0 Å². The number of hydrogen-bond donors (Lipinski definition) is 0. The number of rotatable bonds is 7. The standard InChI is InChI=1S/C15H23/c1-3-5-6-7-8-12-15-13-10-9-11-14(15)4-2/h9-11H,3-8,12H2,1-2H3. The summed E-state index contributed by atoms with van der Waals surface area (Å²) in [6.45, 7) is 4.49. The molecule has 0 nitrogen and oxygen atoms in total. The van der Waals surface area contributed by atoms with Crippen LogP contribution in [0.3, 0.4) is 0 Å². The first kappa shape index (κ1) is 12.3. The Morgan fingerprint density at radius 3 is 2.60 bits per heavy atom. The van der Waals surface area contributed by atoms with Crippen molar-refractivity contribution in [3.8, 4) is 0 Å². The number of unbranched alkanes of at least 4 members (excludes halogenated alkanes) is 4. The molecule has 0 saturated carbocycles. The van der Waals surface area contributed by atoms with E-state index >= 15 is 0 Å². The van der Waals surface area contributed by atoms with Gasteiger partial charge in [-0.2, -0.15) is 0 Å². The largest absolute Gasteiger partial charge is 0.0654 e. The smallest absolute Gasteiger partial charge is 0.0146 e. The molecule has 1 rings (SSSR count). The van der Waals surface area contributed by atoms with Crippen LogP contribution in [0.2, 0.25) is 0 Å². The van der Waals surface area contributed by atoms with E-state index in [1.165, 1.54) is 49.7 Å². The van der Waals surface area contributed by atoms with Crippen molar-refractivity contribution in [3.63, 3.8) is 0 Å². The van der Waals surface area contributed by atoms with E-state index < -0.39 is 0 Å². The summed E-state index contributed by atoms with van der Waals surface area (Å²) < 4.78 is 0. The Morgan fingerprint density at radius 2 is 1.87 bits per heavy atom. The summed E-state index contributed by atoms with van der Waals surface area (Å²) in [6.07, 6.45) is 9.17. The van der Waals surface area contributed by atoms with Crippen molar-refractivity contribution in [3.05, 3.63) is 35.4 Å². The zero-order chi connectivity index (χ0) is 10.9. The highest BCUT2D eigenvalue weighted by Gasteiger charge is 1.99. The molecule has 83 valence electrons. The van der Waals surface area contributed by atoms with Gasteiger partial charge in [0.2, 0.25) is 0 Å². The van der Waals surface area contributed by atoms with E-state index in [-0.39, 0.29) is 0 Å². The van der Waals surface area contributed by atoms with Crippen molar-refractivity contribution < 1.29 is 0 Å². The zero-order valence-corrected chi connectivity index (χ0v) is 10.2. The van der Waals surface area contributed by atoms with Gasteiger partial charge in [0, 0.05) is 0 Å². The Morgan fingerprint density at radius 1 is 1.07 bits per heavy atom. The molecule has 0 atom stereocenters. The molecule has 0 bridgehead atoms. The summed E-state index contributed by atoms with van der Waals surface area (Å²) in [5.41, 5.74) is 2.92. The minimum absolute atomic E-state index is 1.14. The summed E-state index contributed by atoms with van der Waals surface area (Å²) in [7, 11) is 0. The van der Waals surface area contributed by atoms with Gasteiger partial charge in [-0.3, -0.25) is 0 Å². The molecule has 0 heterocycles. The van der Waals surface area contributed by atoms with Gasteiger partial charge in [-0.05, 0) is 36.5 Å².